The molecule has 0 saturated carbocycles. The summed E-state index contributed by atoms with van der Waals surface area (Å²) in [6, 6.07) is 16.4. The van der Waals surface area contributed by atoms with Crippen LogP contribution >= 0.6 is 11.6 Å². The fraction of sp³-hybridized carbons (Fsp3) is 0.167. The second kappa shape index (κ2) is 7.27. The predicted molar refractivity (Wildman–Crippen MR) is 96.0 cm³/mol. The van der Waals surface area contributed by atoms with Gasteiger partial charge in [-0.05, 0) is 42.8 Å². The van der Waals surface area contributed by atoms with Crippen LogP contribution in [0.5, 0.6) is 0 Å². The summed E-state index contributed by atoms with van der Waals surface area (Å²) in [5.74, 6) is 0. The molecule has 0 spiro atoms. The predicted octanol–water partition coefficient (Wildman–Crippen LogP) is 5.19. The van der Waals surface area contributed by atoms with Crippen LogP contribution in [0.15, 0.2) is 69.6 Å². The highest BCUT2D eigenvalue weighted by Gasteiger charge is 2.14. The minimum atomic E-state index is -0.206. The number of nitrogens with one attached hydrogen (secondary N) is 1. The van der Waals surface area contributed by atoms with Crippen LogP contribution in [0, 0.1) is 0 Å². The number of rotatable bonds is 5. The van der Waals surface area contributed by atoms with Crippen LogP contribution in [-0.2, 0) is 6.42 Å². The molecule has 0 radical (unpaired) electrons. The molecule has 0 bridgehead atoms. The Morgan fingerprint density at radius 1 is 1.04 bits per heavy atom. The number of aromatic nitrogens is 2. The van der Waals surface area contributed by atoms with E-state index in [1.807, 2.05) is 30.3 Å². The summed E-state index contributed by atoms with van der Waals surface area (Å²) >= 11 is 5.86. The highest BCUT2D eigenvalue weighted by Crippen LogP contribution is 2.21. The lowest BCUT2D eigenvalue weighted by atomic mass is 10.2. The zero-order valence-electron chi connectivity index (χ0n) is 13.2. The van der Waals surface area contributed by atoms with Crippen molar-refractivity contribution in [3.63, 3.8) is 0 Å². The Labute approximate surface area is 144 Å². The molecule has 1 aromatic heterocycles. The summed E-state index contributed by atoms with van der Waals surface area (Å²) in [5, 5.41) is 12.1. The molecule has 3 rings (SSSR count). The molecule has 2 aromatic carbocycles. The van der Waals surface area contributed by atoms with Gasteiger partial charge in [0.15, 0.2) is 5.69 Å². The zero-order valence-corrected chi connectivity index (χ0v) is 14.0. The number of azo groups is 1. The molecule has 24 heavy (non-hydrogen) atoms. The molecular formula is C18H17ClN4O. The van der Waals surface area contributed by atoms with Gasteiger partial charge >= 0.3 is 0 Å². The average Bonchev–Trinajstić information content (AvgIpc) is 2.91. The molecule has 0 aliphatic heterocycles. The SMILES string of the molecule is CCCc1[nH]n(-c2ccccc2)c(=O)c1N=Nc1ccc(Cl)cc1. The Bertz CT molecular complexity index is 895. The Morgan fingerprint density at radius 2 is 1.75 bits per heavy atom. The quantitative estimate of drug-likeness (QED) is 0.638. The van der Waals surface area contributed by atoms with E-state index in [1.165, 1.54) is 4.68 Å². The topological polar surface area (TPSA) is 62.5 Å². The number of hydrogen-bond acceptors (Lipinski definition) is 3. The fourth-order valence-corrected chi connectivity index (χ4v) is 2.50. The van der Waals surface area contributed by atoms with Crippen molar-refractivity contribution in [2.24, 2.45) is 10.2 Å². The van der Waals surface area contributed by atoms with E-state index in [0.29, 0.717) is 16.4 Å². The Kier molecular flexibility index (Phi) is 4.91. The van der Waals surface area contributed by atoms with E-state index in [-0.39, 0.29) is 5.56 Å². The largest absolute Gasteiger partial charge is 0.299 e. The molecule has 0 saturated heterocycles. The monoisotopic (exact) mass is 340 g/mol. The van der Waals surface area contributed by atoms with Gasteiger partial charge in [-0.25, -0.2) is 4.68 Å². The van der Waals surface area contributed by atoms with Crippen molar-refractivity contribution in [2.75, 3.05) is 0 Å². The Balaban J connectivity index is 2.01. The van der Waals surface area contributed by atoms with Crippen LogP contribution in [-0.4, -0.2) is 9.78 Å². The molecule has 5 nitrogen and oxygen atoms in total. The van der Waals surface area contributed by atoms with Crippen molar-refractivity contribution in [3.8, 4) is 5.69 Å². The van der Waals surface area contributed by atoms with Crippen molar-refractivity contribution < 1.29 is 0 Å². The normalized spacial score (nSPS) is 11.2. The van der Waals surface area contributed by atoms with Crippen LogP contribution in [0.1, 0.15) is 19.0 Å². The molecule has 122 valence electrons. The number of H-pyrrole nitrogens is 1. The smallest absolute Gasteiger partial charge is 0.293 e. The van der Waals surface area contributed by atoms with Gasteiger partial charge < -0.3 is 0 Å². The molecule has 1 N–H and O–H groups in total. The van der Waals surface area contributed by atoms with E-state index >= 15 is 0 Å². The summed E-state index contributed by atoms with van der Waals surface area (Å²) in [6.45, 7) is 2.05. The summed E-state index contributed by atoms with van der Waals surface area (Å²) < 4.78 is 1.50. The number of hydrogen-bond donors (Lipinski definition) is 1. The van der Waals surface area contributed by atoms with Gasteiger partial charge in [0.05, 0.1) is 17.1 Å². The molecule has 0 aliphatic carbocycles. The van der Waals surface area contributed by atoms with Crippen molar-refractivity contribution in [1.82, 2.24) is 9.78 Å². The van der Waals surface area contributed by atoms with Crippen LogP contribution < -0.4 is 5.56 Å². The number of aryl methyl sites for hydroxylation is 1. The molecule has 3 aromatic rings. The first-order valence-corrected chi connectivity index (χ1v) is 8.13. The van der Waals surface area contributed by atoms with Gasteiger partial charge in [-0.15, -0.1) is 5.11 Å². The summed E-state index contributed by atoms with van der Waals surface area (Å²) in [5.41, 5.74) is 2.34. The molecule has 0 aliphatic rings. The van der Waals surface area contributed by atoms with Crippen molar-refractivity contribution >= 4 is 23.0 Å². The summed E-state index contributed by atoms with van der Waals surface area (Å²) in [7, 11) is 0. The fourth-order valence-electron chi connectivity index (χ4n) is 2.38. The van der Waals surface area contributed by atoms with E-state index in [9.17, 15) is 4.79 Å². The summed E-state index contributed by atoms with van der Waals surface area (Å²) in [6.07, 6.45) is 1.63. The third kappa shape index (κ3) is 3.46. The van der Waals surface area contributed by atoms with E-state index < -0.39 is 0 Å². The van der Waals surface area contributed by atoms with Crippen molar-refractivity contribution in [2.45, 2.75) is 19.8 Å². The molecule has 6 heteroatoms. The van der Waals surface area contributed by atoms with E-state index in [0.717, 1.165) is 24.2 Å². The minimum Gasteiger partial charge on any atom is -0.293 e. The zero-order chi connectivity index (χ0) is 16.9. The summed E-state index contributed by atoms with van der Waals surface area (Å²) in [4.78, 5) is 12.7. The minimum absolute atomic E-state index is 0.206. The van der Waals surface area contributed by atoms with E-state index in [4.69, 9.17) is 11.6 Å². The second-order valence-corrected chi connectivity index (χ2v) is 5.78. The van der Waals surface area contributed by atoms with Gasteiger partial charge in [-0.2, -0.15) is 5.11 Å². The molecule has 0 unspecified atom stereocenters. The maximum absolute atomic E-state index is 12.7. The molecular weight excluding hydrogens is 324 g/mol. The number of para-hydroxylation sites is 1. The first-order chi connectivity index (χ1) is 11.7. The maximum atomic E-state index is 12.7. The lowest BCUT2D eigenvalue weighted by Crippen LogP contribution is -2.13. The van der Waals surface area contributed by atoms with Gasteiger partial charge in [-0.1, -0.05) is 43.1 Å². The van der Waals surface area contributed by atoms with Crippen LogP contribution in [0.25, 0.3) is 5.69 Å². The van der Waals surface area contributed by atoms with E-state index in [1.54, 1.807) is 24.3 Å². The lowest BCUT2D eigenvalue weighted by Gasteiger charge is -2.00. The first kappa shape index (κ1) is 16.2. The van der Waals surface area contributed by atoms with Gasteiger partial charge in [0.25, 0.3) is 5.56 Å². The number of benzene rings is 2. The Morgan fingerprint density at radius 3 is 2.42 bits per heavy atom. The van der Waals surface area contributed by atoms with Crippen molar-refractivity contribution in [1.29, 1.82) is 0 Å². The van der Waals surface area contributed by atoms with Gasteiger partial charge in [0.2, 0.25) is 0 Å². The van der Waals surface area contributed by atoms with Crippen LogP contribution in [0.2, 0.25) is 5.02 Å². The number of aromatic amines is 1. The molecule has 0 amide bonds. The van der Waals surface area contributed by atoms with E-state index in [2.05, 4.69) is 22.3 Å². The molecule has 1 heterocycles. The lowest BCUT2D eigenvalue weighted by molar-refractivity contribution is 0.793. The maximum Gasteiger partial charge on any atom is 0.299 e. The molecule has 0 fully saturated rings. The average molecular weight is 341 g/mol. The third-order valence-electron chi connectivity index (χ3n) is 3.54. The van der Waals surface area contributed by atoms with Crippen LogP contribution in [0.4, 0.5) is 11.4 Å². The van der Waals surface area contributed by atoms with Crippen LogP contribution in [0.3, 0.4) is 0 Å². The number of nitrogens with zero attached hydrogens (tertiary/aromatic N) is 3. The second-order valence-electron chi connectivity index (χ2n) is 5.34. The van der Waals surface area contributed by atoms with Gasteiger partial charge in [-0.3, -0.25) is 9.89 Å². The molecule has 0 atom stereocenters. The number of halogens is 1. The third-order valence-corrected chi connectivity index (χ3v) is 3.80. The van der Waals surface area contributed by atoms with Crippen molar-refractivity contribution in [3.05, 3.63) is 75.7 Å². The standard InChI is InChI=1S/C18H17ClN4O/c1-2-6-16-17(21-20-14-11-9-13(19)10-12-14)18(24)23(22-16)15-7-4-3-5-8-15/h3-5,7-12,22H,2,6H2,1H3. The first-order valence-electron chi connectivity index (χ1n) is 7.75. The highest BCUT2D eigenvalue weighted by molar-refractivity contribution is 6.30. The van der Waals surface area contributed by atoms with Gasteiger partial charge in [0, 0.05) is 5.02 Å². The Hall–Kier alpha value is -2.66. The van der Waals surface area contributed by atoms with Gasteiger partial charge in [0.1, 0.15) is 0 Å². The highest BCUT2D eigenvalue weighted by atomic mass is 35.5.